The average Bonchev–Trinajstić information content (AvgIpc) is 2.44. The molecule has 0 spiro atoms. The molecule has 15 heavy (non-hydrogen) atoms. The van der Waals surface area contributed by atoms with Gasteiger partial charge in [0.15, 0.2) is 0 Å². The summed E-state index contributed by atoms with van der Waals surface area (Å²) >= 11 is 9.71. The lowest BCUT2D eigenvalue weighted by molar-refractivity contribution is 1.21. The Kier molecular flexibility index (Phi) is 4.80. The SMILES string of the molecule is IC1=CC=C(I)C2=C(I)C=CC(I)=C1C2. The molecule has 78 valence electrons. The van der Waals surface area contributed by atoms with Crippen molar-refractivity contribution in [2.45, 2.75) is 6.42 Å². The van der Waals surface area contributed by atoms with E-state index in [0.717, 1.165) is 6.42 Å². The van der Waals surface area contributed by atoms with Gasteiger partial charge in [-0.3, -0.25) is 0 Å². The van der Waals surface area contributed by atoms with Gasteiger partial charge in [-0.15, -0.1) is 0 Å². The highest BCUT2D eigenvalue weighted by Crippen LogP contribution is 2.42. The van der Waals surface area contributed by atoms with Crippen molar-refractivity contribution in [1.29, 1.82) is 0 Å². The van der Waals surface area contributed by atoms with Crippen LogP contribution in [0.25, 0.3) is 0 Å². The zero-order valence-corrected chi connectivity index (χ0v) is 16.2. The van der Waals surface area contributed by atoms with E-state index >= 15 is 0 Å². The minimum atomic E-state index is 1.06. The van der Waals surface area contributed by atoms with Crippen LogP contribution in [0.3, 0.4) is 0 Å². The largest absolute Gasteiger partial charge is 0.0475 e. The Morgan fingerprint density at radius 3 is 1.53 bits per heavy atom. The highest BCUT2D eigenvalue weighted by molar-refractivity contribution is 14.1. The second-order valence-corrected chi connectivity index (χ2v) is 7.84. The van der Waals surface area contributed by atoms with Crippen LogP contribution in [0, 0.1) is 0 Å². The van der Waals surface area contributed by atoms with Crippen LogP contribution >= 0.6 is 90.4 Å². The maximum Gasteiger partial charge on any atom is 0.0176 e. The smallest absolute Gasteiger partial charge is 0.0176 e. The molecule has 0 aliphatic heterocycles. The summed E-state index contributed by atoms with van der Waals surface area (Å²) in [6, 6.07) is 0. The Balaban J connectivity index is 2.65. The molecule has 0 saturated heterocycles. The maximum absolute atomic E-state index is 2.43. The van der Waals surface area contributed by atoms with Crippen molar-refractivity contribution < 1.29 is 0 Å². The zero-order chi connectivity index (χ0) is 11.0. The molecule has 0 radical (unpaired) electrons. The number of allylic oxidation sites excluding steroid dienone is 10. The third-order valence-electron chi connectivity index (χ3n) is 2.26. The van der Waals surface area contributed by atoms with Gasteiger partial charge in [-0.1, -0.05) is 0 Å². The van der Waals surface area contributed by atoms with E-state index < -0.39 is 0 Å². The highest BCUT2D eigenvalue weighted by Gasteiger charge is 2.18. The Hall–Kier alpha value is 1.62. The third kappa shape index (κ3) is 2.90. The molecule has 4 heteroatoms. The van der Waals surface area contributed by atoms with Crippen LogP contribution in [-0.4, -0.2) is 0 Å². The molecule has 2 rings (SSSR count). The minimum absolute atomic E-state index is 1.06. The Bertz CT molecular complexity index is 419. The normalized spacial score (nSPS) is 21.1. The molecule has 0 aromatic carbocycles. The maximum atomic E-state index is 2.43. The standard InChI is InChI=1S/C11H6I4/c12-8-1-2-9(13)7-5-6(8)10(14)3-4-11(7)15/h1-4H,5H2. The Labute approximate surface area is 144 Å². The fourth-order valence-electron chi connectivity index (χ4n) is 1.44. The van der Waals surface area contributed by atoms with Crippen molar-refractivity contribution in [2.75, 3.05) is 0 Å². The molecule has 0 aromatic heterocycles. The van der Waals surface area contributed by atoms with Crippen LogP contribution in [0.5, 0.6) is 0 Å². The van der Waals surface area contributed by atoms with Gasteiger partial charge < -0.3 is 0 Å². The number of hydrogen-bond donors (Lipinski definition) is 0. The van der Waals surface area contributed by atoms with Crippen LogP contribution in [0.2, 0.25) is 0 Å². The predicted octanol–water partition coefficient (Wildman–Crippen LogP) is 5.98. The van der Waals surface area contributed by atoms with Crippen molar-refractivity contribution in [2.24, 2.45) is 0 Å². The van der Waals surface area contributed by atoms with Gasteiger partial charge in [0.05, 0.1) is 0 Å². The van der Waals surface area contributed by atoms with Crippen molar-refractivity contribution in [3.8, 4) is 0 Å². The average molecular weight is 646 g/mol. The van der Waals surface area contributed by atoms with Crippen LogP contribution in [0.15, 0.2) is 49.8 Å². The van der Waals surface area contributed by atoms with Gasteiger partial charge in [-0.05, 0) is 126 Å². The number of halogens is 4. The van der Waals surface area contributed by atoms with Gasteiger partial charge in [0.2, 0.25) is 0 Å². The predicted molar refractivity (Wildman–Crippen MR) is 100 cm³/mol. The molecular formula is C11H6I4. The van der Waals surface area contributed by atoms with E-state index in [0.29, 0.717) is 0 Å². The lowest BCUT2D eigenvalue weighted by Crippen LogP contribution is -1.88. The molecule has 0 amide bonds. The molecule has 0 unspecified atom stereocenters. The van der Waals surface area contributed by atoms with Gasteiger partial charge in [0.1, 0.15) is 0 Å². The van der Waals surface area contributed by atoms with Crippen molar-refractivity contribution >= 4 is 90.4 Å². The molecule has 0 fully saturated rings. The van der Waals surface area contributed by atoms with Gasteiger partial charge in [-0.2, -0.15) is 0 Å². The molecule has 0 heterocycles. The fourth-order valence-corrected chi connectivity index (χ4v) is 5.11. The van der Waals surface area contributed by atoms with Crippen molar-refractivity contribution in [3.63, 3.8) is 0 Å². The summed E-state index contributed by atoms with van der Waals surface area (Å²) < 4.78 is 5.43. The van der Waals surface area contributed by atoms with Gasteiger partial charge >= 0.3 is 0 Å². The first-order valence-electron chi connectivity index (χ1n) is 4.28. The Morgan fingerprint density at radius 2 is 1.13 bits per heavy atom. The molecule has 0 saturated carbocycles. The summed E-state index contributed by atoms with van der Waals surface area (Å²) in [5.74, 6) is 0. The first kappa shape index (κ1) is 13.1. The topological polar surface area (TPSA) is 0 Å². The number of rotatable bonds is 0. The van der Waals surface area contributed by atoms with Crippen LogP contribution in [0.4, 0.5) is 0 Å². The number of hydrogen-bond acceptors (Lipinski definition) is 0. The second kappa shape index (κ2) is 5.51. The molecule has 2 aliphatic carbocycles. The minimum Gasteiger partial charge on any atom is -0.0475 e. The first-order valence-corrected chi connectivity index (χ1v) is 8.60. The summed E-state index contributed by atoms with van der Waals surface area (Å²) in [6.07, 6.45) is 9.92. The highest BCUT2D eigenvalue weighted by atomic mass is 127. The molecule has 0 N–H and O–H groups in total. The van der Waals surface area contributed by atoms with Gasteiger partial charge in [0, 0.05) is 20.7 Å². The lowest BCUT2D eigenvalue weighted by Gasteiger charge is -2.08. The van der Waals surface area contributed by atoms with Crippen LogP contribution in [0.1, 0.15) is 6.42 Å². The third-order valence-corrected chi connectivity index (χ3v) is 6.30. The van der Waals surface area contributed by atoms with E-state index in [9.17, 15) is 0 Å². The van der Waals surface area contributed by atoms with E-state index in [1.54, 1.807) is 0 Å². The van der Waals surface area contributed by atoms with E-state index in [4.69, 9.17) is 0 Å². The quantitative estimate of drug-likeness (QED) is 0.285. The lowest BCUT2D eigenvalue weighted by atomic mass is 10.1. The molecule has 0 nitrogen and oxygen atoms in total. The van der Waals surface area contributed by atoms with Crippen molar-refractivity contribution in [3.05, 3.63) is 49.8 Å². The Morgan fingerprint density at radius 1 is 0.733 bits per heavy atom. The van der Waals surface area contributed by atoms with E-state index in [1.165, 1.54) is 25.5 Å². The summed E-state index contributed by atoms with van der Waals surface area (Å²) in [4.78, 5) is 0. The van der Waals surface area contributed by atoms with Crippen molar-refractivity contribution in [1.82, 2.24) is 0 Å². The molecule has 2 aliphatic rings. The van der Waals surface area contributed by atoms with Gasteiger partial charge in [-0.25, -0.2) is 0 Å². The van der Waals surface area contributed by atoms with E-state index in [2.05, 4.69) is 115 Å². The molecule has 2 bridgehead atoms. The molecule has 0 aromatic rings. The summed E-state index contributed by atoms with van der Waals surface area (Å²) in [6.45, 7) is 0. The monoisotopic (exact) mass is 646 g/mol. The zero-order valence-electron chi connectivity index (χ0n) is 7.53. The molecular weight excluding hydrogens is 640 g/mol. The summed E-state index contributed by atoms with van der Waals surface area (Å²) in [5.41, 5.74) is 2.91. The second-order valence-electron chi connectivity index (χ2n) is 3.19. The van der Waals surface area contributed by atoms with Crippen LogP contribution in [-0.2, 0) is 0 Å². The van der Waals surface area contributed by atoms with E-state index in [-0.39, 0.29) is 0 Å². The van der Waals surface area contributed by atoms with E-state index in [1.807, 2.05) is 0 Å². The first-order chi connectivity index (χ1) is 7.09. The van der Waals surface area contributed by atoms with Gasteiger partial charge in [0.25, 0.3) is 0 Å². The number of fused-ring (bicyclic) bond motifs is 2. The molecule has 0 atom stereocenters. The van der Waals surface area contributed by atoms with Crippen LogP contribution < -0.4 is 0 Å². The summed E-state index contributed by atoms with van der Waals surface area (Å²) in [5, 5.41) is 0. The fraction of sp³-hybridized carbons (Fsp3) is 0.0909. The summed E-state index contributed by atoms with van der Waals surface area (Å²) in [7, 11) is 0.